The summed E-state index contributed by atoms with van der Waals surface area (Å²) in [5.41, 5.74) is 5.86. The molecule has 2 N–H and O–H groups in total. The maximum atomic E-state index is 5.86. The highest BCUT2D eigenvalue weighted by Gasteiger charge is 2.23. The first-order valence-corrected chi connectivity index (χ1v) is 7.50. The van der Waals surface area contributed by atoms with E-state index in [1.54, 1.807) is 14.2 Å². The zero-order valence-electron chi connectivity index (χ0n) is 11.8. The number of ether oxygens (including phenoxy) is 2. The summed E-state index contributed by atoms with van der Waals surface area (Å²) >= 11 is 1.88. The van der Waals surface area contributed by atoms with Gasteiger partial charge < -0.3 is 15.2 Å². The number of thioether (sulfide) groups is 1. The molecule has 0 aliphatic rings. The Bertz CT molecular complexity index is 180. The van der Waals surface area contributed by atoms with Crippen molar-refractivity contribution in [3.63, 3.8) is 0 Å². The molecule has 0 spiro atoms. The van der Waals surface area contributed by atoms with Crippen LogP contribution in [0.2, 0.25) is 0 Å². The van der Waals surface area contributed by atoms with Crippen molar-refractivity contribution in [2.24, 2.45) is 5.73 Å². The minimum atomic E-state index is -0.169. The highest BCUT2D eigenvalue weighted by atomic mass is 32.2. The molecule has 0 fully saturated rings. The second kappa shape index (κ2) is 10.1. The highest BCUT2D eigenvalue weighted by molar-refractivity contribution is 7.98. The Balaban J connectivity index is 4.40. The summed E-state index contributed by atoms with van der Waals surface area (Å²) < 4.78 is 10.5. The van der Waals surface area contributed by atoms with E-state index in [2.05, 4.69) is 25.1 Å². The van der Waals surface area contributed by atoms with Gasteiger partial charge in [-0.05, 0) is 19.7 Å². The minimum absolute atomic E-state index is 0.169. The van der Waals surface area contributed by atoms with Gasteiger partial charge in [0, 0.05) is 45.0 Å². The molecule has 0 aliphatic carbocycles. The predicted octanol–water partition coefficient (Wildman–Crippen LogP) is 1.40. The number of rotatable bonds is 10. The van der Waals surface area contributed by atoms with Crippen LogP contribution in [0.3, 0.4) is 0 Å². The van der Waals surface area contributed by atoms with Gasteiger partial charge in [0.15, 0.2) is 6.29 Å². The van der Waals surface area contributed by atoms with E-state index >= 15 is 0 Å². The summed E-state index contributed by atoms with van der Waals surface area (Å²) in [5, 5.41) is 0. The van der Waals surface area contributed by atoms with Crippen LogP contribution in [0.5, 0.6) is 0 Å². The first-order valence-electron chi connectivity index (χ1n) is 6.11. The zero-order chi connectivity index (χ0) is 13.3. The highest BCUT2D eigenvalue weighted by Crippen LogP contribution is 2.15. The molecule has 0 radical (unpaired) electrons. The largest absolute Gasteiger partial charge is 0.356 e. The first-order chi connectivity index (χ1) is 8.14. The molecule has 0 saturated carbocycles. The molecular weight excluding hydrogens is 236 g/mol. The molecule has 0 bridgehead atoms. The lowest BCUT2D eigenvalue weighted by molar-refractivity contribution is -0.116. The molecule has 2 atom stereocenters. The lowest BCUT2D eigenvalue weighted by Gasteiger charge is -2.35. The summed E-state index contributed by atoms with van der Waals surface area (Å²) in [4.78, 5) is 2.36. The van der Waals surface area contributed by atoms with Gasteiger partial charge in [-0.1, -0.05) is 6.92 Å². The van der Waals surface area contributed by atoms with Crippen molar-refractivity contribution in [2.75, 3.05) is 39.8 Å². The molecule has 17 heavy (non-hydrogen) atoms. The minimum Gasteiger partial charge on any atom is -0.356 e. The van der Waals surface area contributed by atoms with Gasteiger partial charge >= 0.3 is 0 Å². The third-order valence-corrected chi connectivity index (χ3v) is 3.96. The van der Waals surface area contributed by atoms with E-state index < -0.39 is 0 Å². The average molecular weight is 264 g/mol. The standard InChI is InChI=1S/C12H28N2O2S/c1-6-10(9-17-5)14(2)11(8-13)7-12(15-3)16-4/h10-12H,6-9,13H2,1-5H3. The molecule has 0 amide bonds. The Hall–Kier alpha value is 0.190. The van der Waals surface area contributed by atoms with Gasteiger partial charge in [0.05, 0.1) is 0 Å². The van der Waals surface area contributed by atoms with Gasteiger partial charge in [-0.15, -0.1) is 0 Å². The predicted molar refractivity (Wildman–Crippen MR) is 75.5 cm³/mol. The van der Waals surface area contributed by atoms with Crippen LogP contribution in [0.4, 0.5) is 0 Å². The molecule has 0 aromatic rings. The molecule has 104 valence electrons. The fourth-order valence-electron chi connectivity index (χ4n) is 1.95. The Morgan fingerprint density at radius 1 is 1.24 bits per heavy atom. The van der Waals surface area contributed by atoms with Gasteiger partial charge in [-0.3, -0.25) is 4.90 Å². The Kier molecular flexibility index (Phi) is 10.3. The van der Waals surface area contributed by atoms with E-state index in [1.165, 1.54) is 0 Å². The Morgan fingerprint density at radius 2 is 1.82 bits per heavy atom. The fraction of sp³-hybridized carbons (Fsp3) is 1.00. The summed E-state index contributed by atoms with van der Waals surface area (Å²) in [6.45, 7) is 2.85. The van der Waals surface area contributed by atoms with Gasteiger partial charge in [0.1, 0.15) is 0 Å². The van der Waals surface area contributed by atoms with Crippen molar-refractivity contribution in [3.8, 4) is 0 Å². The van der Waals surface area contributed by atoms with Crippen molar-refractivity contribution in [3.05, 3.63) is 0 Å². The lowest BCUT2D eigenvalue weighted by Crippen LogP contribution is -2.47. The summed E-state index contributed by atoms with van der Waals surface area (Å²) in [6.07, 6.45) is 3.92. The Labute approximate surface area is 110 Å². The zero-order valence-corrected chi connectivity index (χ0v) is 12.6. The second-order valence-corrected chi connectivity index (χ2v) is 5.12. The third-order valence-electron chi connectivity index (χ3n) is 3.24. The van der Waals surface area contributed by atoms with Crippen LogP contribution >= 0.6 is 11.8 Å². The number of nitrogens with zero attached hydrogens (tertiary/aromatic N) is 1. The van der Waals surface area contributed by atoms with Crippen LogP contribution < -0.4 is 5.73 Å². The molecule has 2 unspecified atom stereocenters. The van der Waals surface area contributed by atoms with Gasteiger partial charge in [0.25, 0.3) is 0 Å². The molecule has 0 aliphatic heterocycles. The molecule has 5 heteroatoms. The summed E-state index contributed by atoms with van der Waals surface area (Å²) in [6, 6.07) is 0.866. The summed E-state index contributed by atoms with van der Waals surface area (Å²) in [7, 11) is 5.48. The normalized spacial score (nSPS) is 15.5. The fourth-order valence-corrected chi connectivity index (χ4v) is 2.81. The van der Waals surface area contributed by atoms with Crippen LogP contribution in [0.25, 0.3) is 0 Å². The van der Waals surface area contributed by atoms with Crippen LogP contribution in [0, 0.1) is 0 Å². The quantitative estimate of drug-likeness (QED) is 0.604. The SMILES string of the molecule is CCC(CSC)N(C)C(CN)CC(OC)OC. The van der Waals surface area contributed by atoms with Crippen molar-refractivity contribution in [1.29, 1.82) is 0 Å². The number of likely N-dealkylation sites (N-methyl/N-ethyl adjacent to an activating group) is 1. The molecule has 0 saturated heterocycles. The third kappa shape index (κ3) is 6.06. The van der Waals surface area contributed by atoms with E-state index in [-0.39, 0.29) is 6.29 Å². The van der Waals surface area contributed by atoms with Gasteiger partial charge in [0.2, 0.25) is 0 Å². The van der Waals surface area contributed by atoms with Crippen molar-refractivity contribution < 1.29 is 9.47 Å². The van der Waals surface area contributed by atoms with Crippen molar-refractivity contribution in [1.82, 2.24) is 4.90 Å². The van der Waals surface area contributed by atoms with Gasteiger partial charge in [-0.2, -0.15) is 11.8 Å². The monoisotopic (exact) mass is 264 g/mol. The van der Waals surface area contributed by atoms with E-state index in [9.17, 15) is 0 Å². The van der Waals surface area contributed by atoms with Crippen LogP contribution in [0.15, 0.2) is 0 Å². The molecule has 0 rings (SSSR count). The molecule has 4 nitrogen and oxygen atoms in total. The van der Waals surface area contributed by atoms with E-state index in [4.69, 9.17) is 15.2 Å². The van der Waals surface area contributed by atoms with Crippen LogP contribution in [0.1, 0.15) is 19.8 Å². The van der Waals surface area contributed by atoms with Crippen molar-refractivity contribution >= 4 is 11.8 Å². The second-order valence-electron chi connectivity index (χ2n) is 4.21. The van der Waals surface area contributed by atoms with Crippen molar-refractivity contribution in [2.45, 2.75) is 38.1 Å². The molecule has 0 aromatic heterocycles. The maximum absolute atomic E-state index is 5.86. The van der Waals surface area contributed by atoms with E-state index in [1.807, 2.05) is 11.8 Å². The van der Waals surface area contributed by atoms with E-state index in [0.717, 1.165) is 18.6 Å². The van der Waals surface area contributed by atoms with Crippen LogP contribution in [-0.2, 0) is 9.47 Å². The first kappa shape index (κ1) is 17.2. The van der Waals surface area contributed by atoms with Crippen LogP contribution in [-0.4, -0.2) is 63.1 Å². The molecular formula is C12H28N2O2S. The summed E-state index contributed by atoms with van der Waals surface area (Å²) in [5.74, 6) is 1.13. The number of hydrogen-bond donors (Lipinski definition) is 1. The smallest absolute Gasteiger partial charge is 0.158 e. The topological polar surface area (TPSA) is 47.7 Å². The average Bonchev–Trinajstić information content (AvgIpc) is 2.37. The number of hydrogen-bond acceptors (Lipinski definition) is 5. The Morgan fingerprint density at radius 3 is 2.18 bits per heavy atom. The number of methoxy groups -OCH3 is 2. The van der Waals surface area contributed by atoms with Gasteiger partial charge in [-0.25, -0.2) is 0 Å². The lowest BCUT2D eigenvalue weighted by atomic mass is 10.1. The molecule has 0 heterocycles. The molecule has 0 aromatic carbocycles. The van der Waals surface area contributed by atoms with E-state index in [0.29, 0.717) is 18.6 Å². The number of nitrogens with two attached hydrogens (primary N) is 1. The maximum Gasteiger partial charge on any atom is 0.158 e.